The summed E-state index contributed by atoms with van der Waals surface area (Å²) < 4.78 is 8.40. The second-order valence-corrected chi connectivity index (χ2v) is 5.92. The first-order valence-corrected chi connectivity index (χ1v) is 7.72. The van der Waals surface area contributed by atoms with Crippen LogP contribution in [0.4, 0.5) is 0 Å². The lowest BCUT2D eigenvalue weighted by Crippen LogP contribution is -2.41. The highest BCUT2D eigenvalue weighted by atomic mass is 16.3. The normalized spacial score (nSPS) is 13.1. The third-order valence-corrected chi connectivity index (χ3v) is 3.84. The maximum Gasteiger partial charge on any atom is 0.291 e. The Labute approximate surface area is 132 Å². The molecule has 3 aromatic heterocycles. The van der Waals surface area contributed by atoms with E-state index in [-0.39, 0.29) is 17.5 Å². The number of hydrogen-bond acceptors (Lipinski definition) is 4. The highest BCUT2D eigenvalue weighted by Gasteiger charge is 2.24. The maximum absolute atomic E-state index is 12.8. The average Bonchev–Trinajstić information content (AvgIpc) is 3.04. The van der Waals surface area contributed by atoms with E-state index in [1.54, 1.807) is 22.8 Å². The number of carbonyl (C=O) groups excluding carboxylic acids is 1. The number of hydrogen-bond donors (Lipinski definition) is 1. The van der Waals surface area contributed by atoms with Crippen LogP contribution >= 0.6 is 0 Å². The summed E-state index contributed by atoms with van der Waals surface area (Å²) in [5.41, 5.74) is 1.59. The van der Waals surface area contributed by atoms with E-state index in [9.17, 15) is 9.59 Å². The molecule has 0 aliphatic rings. The van der Waals surface area contributed by atoms with Gasteiger partial charge in [0.15, 0.2) is 5.58 Å². The molecule has 3 heterocycles. The van der Waals surface area contributed by atoms with Crippen molar-refractivity contribution in [1.29, 1.82) is 0 Å². The summed E-state index contributed by atoms with van der Waals surface area (Å²) in [6, 6.07) is 2.86. The van der Waals surface area contributed by atoms with Crippen LogP contribution in [0.1, 0.15) is 39.1 Å². The van der Waals surface area contributed by atoms with Crippen molar-refractivity contribution >= 4 is 22.5 Å². The quantitative estimate of drug-likeness (QED) is 0.798. The lowest BCUT2D eigenvalue weighted by Gasteiger charge is -2.19. The number of carbonyl (C=O) groups is 1. The van der Waals surface area contributed by atoms with Crippen molar-refractivity contribution in [3.8, 4) is 0 Å². The van der Waals surface area contributed by atoms with Gasteiger partial charge in [-0.15, -0.1) is 0 Å². The van der Waals surface area contributed by atoms with Crippen LogP contribution < -0.4 is 10.9 Å². The minimum atomic E-state index is -0.630. The molecule has 1 atom stereocenters. The summed E-state index contributed by atoms with van der Waals surface area (Å²) in [5, 5.41) is 7.21. The van der Waals surface area contributed by atoms with Gasteiger partial charge in [-0.05, 0) is 27.2 Å². The molecule has 1 N–H and O–H groups in total. The molecule has 1 unspecified atom stereocenters. The van der Waals surface area contributed by atoms with E-state index in [1.165, 1.54) is 4.68 Å². The van der Waals surface area contributed by atoms with E-state index in [0.29, 0.717) is 23.3 Å². The number of aryl methyl sites for hydroxylation is 1. The Morgan fingerprint density at radius 3 is 2.78 bits per heavy atom. The van der Waals surface area contributed by atoms with Crippen LogP contribution in [0.15, 0.2) is 27.6 Å². The lowest BCUT2D eigenvalue weighted by molar-refractivity contribution is -0.125. The summed E-state index contributed by atoms with van der Waals surface area (Å²) in [6.07, 6.45) is 2.06. The second-order valence-electron chi connectivity index (χ2n) is 5.92. The highest BCUT2D eigenvalue weighted by molar-refractivity contribution is 5.83. The number of amides is 1. The molecule has 0 aromatic carbocycles. The molecule has 0 fully saturated rings. The Hall–Kier alpha value is -2.57. The molecule has 7 heteroatoms. The summed E-state index contributed by atoms with van der Waals surface area (Å²) in [7, 11) is 0. The van der Waals surface area contributed by atoms with Crippen LogP contribution in [0.25, 0.3) is 16.6 Å². The van der Waals surface area contributed by atoms with Gasteiger partial charge in [0.1, 0.15) is 17.4 Å². The van der Waals surface area contributed by atoms with Gasteiger partial charge in [0, 0.05) is 18.2 Å². The van der Waals surface area contributed by atoms with Crippen molar-refractivity contribution in [1.82, 2.24) is 19.5 Å². The van der Waals surface area contributed by atoms with Crippen LogP contribution in [0.3, 0.4) is 0 Å². The minimum absolute atomic E-state index is 0.00715. The SMILES string of the molecule is CCC(C(=O)NC(C)C)n1nc(C)n2c(cc3occc32)c1=O. The zero-order chi connectivity index (χ0) is 16.7. The Kier molecular flexibility index (Phi) is 3.71. The van der Waals surface area contributed by atoms with Gasteiger partial charge in [0.25, 0.3) is 5.56 Å². The molecule has 122 valence electrons. The molecule has 23 heavy (non-hydrogen) atoms. The molecule has 0 radical (unpaired) electrons. The fraction of sp³-hybridized carbons (Fsp3) is 0.438. The van der Waals surface area contributed by atoms with Crippen LogP contribution in [-0.2, 0) is 4.79 Å². The van der Waals surface area contributed by atoms with E-state index in [1.807, 2.05) is 27.7 Å². The van der Waals surface area contributed by atoms with Gasteiger partial charge in [-0.25, -0.2) is 4.68 Å². The van der Waals surface area contributed by atoms with E-state index in [4.69, 9.17) is 4.42 Å². The van der Waals surface area contributed by atoms with E-state index in [0.717, 1.165) is 5.52 Å². The molecule has 1 amide bonds. The highest BCUT2D eigenvalue weighted by Crippen LogP contribution is 2.21. The Morgan fingerprint density at radius 1 is 1.39 bits per heavy atom. The van der Waals surface area contributed by atoms with Crippen molar-refractivity contribution in [2.45, 2.75) is 46.2 Å². The summed E-state index contributed by atoms with van der Waals surface area (Å²) in [5.74, 6) is 0.433. The average molecular weight is 316 g/mol. The summed E-state index contributed by atoms with van der Waals surface area (Å²) in [4.78, 5) is 25.2. The van der Waals surface area contributed by atoms with Crippen molar-refractivity contribution < 1.29 is 9.21 Å². The van der Waals surface area contributed by atoms with Crippen molar-refractivity contribution in [3.05, 3.63) is 34.6 Å². The number of aromatic nitrogens is 3. The standard InChI is InChI=1S/C16H20N4O3/c1-5-11(15(21)17-9(2)3)20-16(22)13-8-14-12(6-7-23-14)19(13)10(4)18-20/h6-9,11H,5H2,1-4H3,(H,17,21). The predicted molar refractivity (Wildman–Crippen MR) is 86.6 cm³/mol. The van der Waals surface area contributed by atoms with Crippen LogP contribution in [0.5, 0.6) is 0 Å². The molecule has 0 aliphatic heterocycles. The molecule has 7 nitrogen and oxygen atoms in total. The van der Waals surface area contributed by atoms with E-state index < -0.39 is 6.04 Å². The van der Waals surface area contributed by atoms with E-state index >= 15 is 0 Å². The van der Waals surface area contributed by atoms with Gasteiger partial charge in [-0.1, -0.05) is 6.92 Å². The van der Waals surface area contributed by atoms with Gasteiger partial charge < -0.3 is 9.73 Å². The van der Waals surface area contributed by atoms with Crippen molar-refractivity contribution in [3.63, 3.8) is 0 Å². The lowest BCUT2D eigenvalue weighted by atomic mass is 10.2. The number of fused-ring (bicyclic) bond motifs is 3. The predicted octanol–water partition coefficient (Wildman–Crippen LogP) is 2.03. The molecule has 3 rings (SSSR count). The maximum atomic E-state index is 12.8. The Bertz CT molecular complexity index is 932. The van der Waals surface area contributed by atoms with Gasteiger partial charge in [0.05, 0.1) is 11.8 Å². The zero-order valence-electron chi connectivity index (χ0n) is 13.7. The van der Waals surface area contributed by atoms with Gasteiger partial charge >= 0.3 is 0 Å². The first-order chi connectivity index (χ1) is 10.9. The molecular formula is C16H20N4O3. The van der Waals surface area contributed by atoms with Crippen LogP contribution in [0.2, 0.25) is 0 Å². The minimum Gasteiger partial charge on any atom is -0.463 e. The van der Waals surface area contributed by atoms with Gasteiger partial charge in [-0.2, -0.15) is 5.10 Å². The fourth-order valence-corrected chi connectivity index (χ4v) is 2.86. The Balaban J connectivity index is 2.19. The number of rotatable bonds is 4. The smallest absolute Gasteiger partial charge is 0.291 e. The monoisotopic (exact) mass is 316 g/mol. The van der Waals surface area contributed by atoms with Crippen molar-refractivity contribution in [2.75, 3.05) is 0 Å². The van der Waals surface area contributed by atoms with Gasteiger partial charge in [0.2, 0.25) is 5.91 Å². The fourth-order valence-electron chi connectivity index (χ4n) is 2.86. The summed E-state index contributed by atoms with van der Waals surface area (Å²) in [6.45, 7) is 7.44. The molecular weight excluding hydrogens is 296 g/mol. The van der Waals surface area contributed by atoms with Crippen LogP contribution in [-0.4, -0.2) is 26.1 Å². The first-order valence-electron chi connectivity index (χ1n) is 7.72. The topological polar surface area (TPSA) is 81.5 Å². The third kappa shape index (κ3) is 2.42. The molecule has 0 spiro atoms. The third-order valence-electron chi connectivity index (χ3n) is 3.84. The Morgan fingerprint density at radius 2 is 2.13 bits per heavy atom. The van der Waals surface area contributed by atoms with Crippen LogP contribution in [0, 0.1) is 6.92 Å². The zero-order valence-corrected chi connectivity index (χ0v) is 13.7. The second kappa shape index (κ2) is 5.57. The number of nitrogens with zero attached hydrogens (tertiary/aromatic N) is 3. The van der Waals surface area contributed by atoms with E-state index in [2.05, 4.69) is 10.4 Å². The largest absolute Gasteiger partial charge is 0.463 e. The molecule has 0 saturated carbocycles. The van der Waals surface area contributed by atoms with Gasteiger partial charge in [-0.3, -0.25) is 14.0 Å². The number of nitrogens with one attached hydrogen (secondary N) is 1. The molecule has 0 saturated heterocycles. The first kappa shape index (κ1) is 15.3. The molecule has 0 aliphatic carbocycles. The summed E-state index contributed by atoms with van der Waals surface area (Å²) >= 11 is 0. The molecule has 3 aromatic rings. The molecule has 0 bridgehead atoms. The van der Waals surface area contributed by atoms with Crippen molar-refractivity contribution in [2.24, 2.45) is 0 Å². The number of furan rings is 1.